The second-order valence-corrected chi connectivity index (χ2v) is 3.87. The molecule has 2 aromatic rings. The molecule has 0 fully saturated rings. The minimum Gasteiger partial charge on any atom is -0.334 e. The molecular weight excluding hydrogens is 238 g/mol. The smallest absolute Gasteiger partial charge is 0.131 e. The molecule has 0 aliphatic rings. The van der Waals surface area contributed by atoms with Crippen molar-refractivity contribution in [2.45, 2.75) is 19.5 Å². The topological polar surface area (TPSA) is 55.9 Å². The number of nitrogens with two attached hydrogens (primary N) is 1. The summed E-state index contributed by atoms with van der Waals surface area (Å²) in [5.74, 6) is 4.81. The first-order chi connectivity index (χ1) is 8.65. The van der Waals surface area contributed by atoms with E-state index >= 15 is 0 Å². The van der Waals surface area contributed by atoms with Gasteiger partial charge in [0, 0.05) is 25.0 Å². The van der Waals surface area contributed by atoms with Crippen molar-refractivity contribution < 1.29 is 8.78 Å². The van der Waals surface area contributed by atoms with E-state index in [1.165, 1.54) is 12.1 Å². The van der Waals surface area contributed by atoms with Gasteiger partial charge in [-0.15, -0.1) is 0 Å². The molecule has 6 heteroatoms. The zero-order chi connectivity index (χ0) is 13.1. The van der Waals surface area contributed by atoms with E-state index in [9.17, 15) is 8.78 Å². The highest BCUT2D eigenvalue weighted by molar-refractivity contribution is 5.26. The zero-order valence-electron chi connectivity index (χ0n) is 9.90. The maximum atomic E-state index is 13.2. The number of hydrogen-bond donors (Lipinski definition) is 2. The van der Waals surface area contributed by atoms with Crippen LogP contribution in [-0.4, -0.2) is 9.55 Å². The average molecular weight is 252 g/mol. The van der Waals surface area contributed by atoms with Crippen molar-refractivity contribution in [3.8, 4) is 0 Å². The standard InChI is InChI=1S/C12H14F2N4/c1-2-18-4-3-16-12(18)11(17-15)8-5-9(13)7-10(14)6-8/h3-7,11,17H,2,15H2,1H3. The van der Waals surface area contributed by atoms with Gasteiger partial charge in [-0.1, -0.05) is 0 Å². The fourth-order valence-corrected chi connectivity index (χ4v) is 1.91. The number of nitrogens with zero attached hydrogens (tertiary/aromatic N) is 2. The van der Waals surface area contributed by atoms with Gasteiger partial charge < -0.3 is 4.57 Å². The van der Waals surface area contributed by atoms with Crippen molar-refractivity contribution >= 4 is 0 Å². The highest BCUT2D eigenvalue weighted by Crippen LogP contribution is 2.21. The van der Waals surface area contributed by atoms with Crippen LogP contribution in [0.2, 0.25) is 0 Å². The Hall–Kier alpha value is -1.79. The molecule has 3 N–H and O–H groups in total. The molecule has 4 nitrogen and oxygen atoms in total. The number of aryl methyl sites for hydroxylation is 1. The summed E-state index contributed by atoms with van der Waals surface area (Å²) < 4.78 is 28.3. The first kappa shape index (κ1) is 12.7. The van der Waals surface area contributed by atoms with Crippen LogP contribution in [0.3, 0.4) is 0 Å². The third-order valence-electron chi connectivity index (χ3n) is 2.73. The van der Waals surface area contributed by atoms with Crippen molar-refractivity contribution in [2.75, 3.05) is 0 Å². The van der Waals surface area contributed by atoms with Crippen LogP contribution in [-0.2, 0) is 6.54 Å². The molecule has 96 valence electrons. The summed E-state index contributed by atoms with van der Waals surface area (Å²) in [5, 5.41) is 0. The molecule has 0 spiro atoms. The highest BCUT2D eigenvalue weighted by Gasteiger charge is 2.18. The van der Waals surface area contributed by atoms with Crippen LogP contribution in [0.15, 0.2) is 30.6 Å². The van der Waals surface area contributed by atoms with E-state index in [1.807, 2.05) is 11.5 Å². The van der Waals surface area contributed by atoms with Gasteiger partial charge in [-0.25, -0.2) is 19.2 Å². The Bertz CT molecular complexity index is 518. The van der Waals surface area contributed by atoms with Gasteiger partial charge in [0.05, 0.1) is 0 Å². The molecule has 18 heavy (non-hydrogen) atoms. The van der Waals surface area contributed by atoms with Crippen LogP contribution < -0.4 is 11.3 Å². The van der Waals surface area contributed by atoms with Crippen LogP contribution >= 0.6 is 0 Å². The minimum absolute atomic E-state index is 0.399. The zero-order valence-corrected chi connectivity index (χ0v) is 9.90. The van der Waals surface area contributed by atoms with E-state index in [0.717, 1.165) is 6.07 Å². The predicted molar refractivity (Wildman–Crippen MR) is 63.4 cm³/mol. The summed E-state index contributed by atoms with van der Waals surface area (Å²) in [6.07, 6.45) is 3.41. The quantitative estimate of drug-likeness (QED) is 0.643. The van der Waals surface area contributed by atoms with E-state index in [0.29, 0.717) is 17.9 Å². The summed E-state index contributed by atoms with van der Waals surface area (Å²) in [7, 11) is 0. The first-order valence-electron chi connectivity index (χ1n) is 5.58. The van der Waals surface area contributed by atoms with Gasteiger partial charge >= 0.3 is 0 Å². The maximum Gasteiger partial charge on any atom is 0.131 e. The van der Waals surface area contributed by atoms with Crippen LogP contribution in [0, 0.1) is 11.6 Å². The van der Waals surface area contributed by atoms with Crippen molar-refractivity contribution in [1.29, 1.82) is 0 Å². The molecule has 1 aromatic heterocycles. The van der Waals surface area contributed by atoms with Gasteiger partial charge in [-0.05, 0) is 24.6 Å². The molecule has 0 saturated carbocycles. The number of nitrogens with one attached hydrogen (secondary N) is 1. The number of imidazole rings is 1. The Morgan fingerprint density at radius 2 is 2.00 bits per heavy atom. The van der Waals surface area contributed by atoms with E-state index in [2.05, 4.69) is 10.4 Å². The second kappa shape index (κ2) is 5.24. The molecule has 0 aliphatic carbocycles. The van der Waals surface area contributed by atoms with Gasteiger partial charge in [0.25, 0.3) is 0 Å². The van der Waals surface area contributed by atoms with Crippen molar-refractivity contribution in [3.63, 3.8) is 0 Å². The summed E-state index contributed by atoms with van der Waals surface area (Å²) >= 11 is 0. The molecule has 0 amide bonds. The summed E-state index contributed by atoms with van der Waals surface area (Å²) in [5.41, 5.74) is 2.93. The van der Waals surface area contributed by atoms with Gasteiger partial charge in [-0.3, -0.25) is 5.84 Å². The van der Waals surface area contributed by atoms with Crippen LogP contribution in [0.4, 0.5) is 8.78 Å². The van der Waals surface area contributed by atoms with Gasteiger partial charge in [0.2, 0.25) is 0 Å². The normalized spacial score (nSPS) is 12.7. The van der Waals surface area contributed by atoms with E-state index < -0.39 is 17.7 Å². The monoisotopic (exact) mass is 252 g/mol. The van der Waals surface area contributed by atoms with Gasteiger partial charge in [0.15, 0.2) is 0 Å². The molecule has 0 bridgehead atoms. The number of hydrazine groups is 1. The Labute approximate surface area is 103 Å². The van der Waals surface area contributed by atoms with Crippen molar-refractivity contribution in [2.24, 2.45) is 5.84 Å². The Balaban J connectivity index is 2.45. The lowest BCUT2D eigenvalue weighted by atomic mass is 10.1. The molecule has 0 radical (unpaired) electrons. The lowest BCUT2D eigenvalue weighted by Crippen LogP contribution is -2.31. The number of aromatic nitrogens is 2. The summed E-state index contributed by atoms with van der Waals surface area (Å²) in [6.45, 7) is 2.65. The van der Waals surface area contributed by atoms with E-state index in [4.69, 9.17) is 5.84 Å². The Kier molecular flexibility index (Phi) is 3.69. The molecule has 1 heterocycles. The fourth-order valence-electron chi connectivity index (χ4n) is 1.91. The third kappa shape index (κ3) is 2.39. The minimum atomic E-state index is -0.639. The van der Waals surface area contributed by atoms with Crippen LogP contribution in [0.25, 0.3) is 0 Å². The maximum absolute atomic E-state index is 13.2. The number of rotatable bonds is 4. The lowest BCUT2D eigenvalue weighted by Gasteiger charge is -2.17. The Morgan fingerprint density at radius 3 is 2.56 bits per heavy atom. The lowest BCUT2D eigenvalue weighted by molar-refractivity contribution is 0.540. The van der Waals surface area contributed by atoms with Crippen molar-refractivity contribution in [3.05, 3.63) is 53.6 Å². The largest absolute Gasteiger partial charge is 0.334 e. The molecule has 0 saturated heterocycles. The molecule has 1 unspecified atom stereocenters. The molecule has 2 rings (SSSR count). The van der Waals surface area contributed by atoms with Crippen LogP contribution in [0.1, 0.15) is 24.4 Å². The van der Waals surface area contributed by atoms with E-state index in [1.54, 1.807) is 12.4 Å². The number of halogens is 2. The summed E-state index contributed by atoms with van der Waals surface area (Å²) in [6, 6.07) is 2.75. The second-order valence-electron chi connectivity index (χ2n) is 3.87. The van der Waals surface area contributed by atoms with Crippen molar-refractivity contribution in [1.82, 2.24) is 15.0 Å². The van der Waals surface area contributed by atoms with Crippen LogP contribution in [0.5, 0.6) is 0 Å². The molecule has 1 aromatic carbocycles. The summed E-state index contributed by atoms with van der Waals surface area (Å²) in [4.78, 5) is 4.17. The fraction of sp³-hybridized carbons (Fsp3) is 0.250. The van der Waals surface area contributed by atoms with Gasteiger partial charge in [-0.2, -0.15) is 0 Å². The molecule has 1 atom stereocenters. The van der Waals surface area contributed by atoms with Gasteiger partial charge in [0.1, 0.15) is 23.5 Å². The van der Waals surface area contributed by atoms with E-state index in [-0.39, 0.29) is 0 Å². The number of benzene rings is 1. The Morgan fingerprint density at radius 1 is 1.33 bits per heavy atom. The number of hydrogen-bond acceptors (Lipinski definition) is 3. The average Bonchev–Trinajstić information content (AvgIpc) is 2.77. The molecular formula is C12H14F2N4. The first-order valence-corrected chi connectivity index (χ1v) is 5.58. The third-order valence-corrected chi connectivity index (χ3v) is 2.73. The highest BCUT2D eigenvalue weighted by atomic mass is 19.1. The predicted octanol–water partition coefficient (Wildman–Crippen LogP) is 1.73. The SMILES string of the molecule is CCn1ccnc1C(NN)c1cc(F)cc(F)c1. The molecule has 0 aliphatic heterocycles.